The molecule has 170 valence electrons. The molecule has 2 aliphatic rings. The molecule has 0 spiro atoms. The van der Waals surface area contributed by atoms with Crippen molar-refractivity contribution < 1.29 is 22.9 Å². The SMILES string of the molecule is Cc1ccc([N+](=O)[O-])cc1S(=O)(=O)N1CCC(C(=O)NC2CCOc3ccccc32)CC1. The number of hydrogen-bond acceptors (Lipinski definition) is 6. The van der Waals surface area contributed by atoms with Crippen molar-refractivity contribution in [2.24, 2.45) is 5.92 Å². The minimum absolute atomic E-state index is 0.0617. The predicted molar refractivity (Wildman–Crippen MR) is 117 cm³/mol. The van der Waals surface area contributed by atoms with Gasteiger partial charge in [0.05, 0.1) is 22.5 Å². The second-order valence-electron chi connectivity index (χ2n) is 8.12. The molecule has 1 N–H and O–H groups in total. The lowest BCUT2D eigenvalue weighted by Crippen LogP contribution is -2.44. The average molecular weight is 460 g/mol. The summed E-state index contributed by atoms with van der Waals surface area (Å²) in [7, 11) is -3.88. The van der Waals surface area contributed by atoms with Gasteiger partial charge >= 0.3 is 0 Å². The van der Waals surface area contributed by atoms with Gasteiger partial charge in [0.25, 0.3) is 5.69 Å². The van der Waals surface area contributed by atoms with Crippen molar-refractivity contribution in [3.63, 3.8) is 0 Å². The van der Waals surface area contributed by atoms with E-state index in [0.717, 1.165) is 17.4 Å². The maximum Gasteiger partial charge on any atom is 0.270 e. The Hall–Kier alpha value is -2.98. The molecule has 2 aromatic rings. The molecular weight excluding hydrogens is 434 g/mol. The van der Waals surface area contributed by atoms with Crippen molar-refractivity contribution in [2.45, 2.75) is 37.1 Å². The van der Waals surface area contributed by atoms with Gasteiger partial charge in [-0.3, -0.25) is 14.9 Å². The van der Waals surface area contributed by atoms with Gasteiger partial charge in [0.2, 0.25) is 15.9 Å². The fourth-order valence-electron chi connectivity index (χ4n) is 4.26. The summed E-state index contributed by atoms with van der Waals surface area (Å²) in [6, 6.07) is 11.3. The van der Waals surface area contributed by atoms with Crippen molar-refractivity contribution in [3.05, 3.63) is 63.7 Å². The number of sulfonamides is 1. The highest BCUT2D eigenvalue weighted by Crippen LogP contribution is 2.33. The molecule has 2 aliphatic heterocycles. The Bertz CT molecular complexity index is 1140. The number of nitro benzene ring substituents is 1. The van der Waals surface area contributed by atoms with E-state index in [0.29, 0.717) is 31.4 Å². The first-order valence-corrected chi connectivity index (χ1v) is 12.0. The second kappa shape index (κ2) is 8.87. The van der Waals surface area contributed by atoms with Crippen molar-refractivity contribution in [2.75, 3.05) is 19.7 Å². The number of fused-ring (bicyclic) bond motifs is 1. The van der Waals surface area contributed by atoms with E-state index in [2.05, 4.69) is 5.32 Å². The van der Waals surface area contributed by atoms with Crippen LogP contribution in [0.3, 0.4) is 0 Å². The van der Waals surface area contributed by atoms with Crippen LogP contribution in [0.2, 0.25) is 0 Å². The zero-order chi connectivity index (χ0) is 22.9. The van der Waals surface area contributed by atoms with E-state index in [4.69, 9.17) is 4.74 Å². The van der Waals surface area contributed by atoms with Crippen LogP contribution >= 0.6 is 0 Å². The quantitative estimate of drug-likeness (QED) is 0.542. The summed E-state index contributed by atoms with van der Waals surface area (Å²) >= 11 is 0. The van der Waals surface area contributed by atoms with Crippen molar-refractivity contribution in [1.82, 2.24) is 9.62 Å². The standard InChI is InChI=1S/C22H25N3O6S/c1-15-6-7-17(25(27)28)14-21(15)32(29,30)24-11-8-16(9-12-24)22(26)23-19-10-13-31-20-5-3-2-4-18(19)20/h2-7,14,16,19H,8-13H2,1H3,(H,23,26). The van der Waals surface area contributed by atoms with Crippen LogP contribution in [-0.4, -0.2) is 43.2 Å². The number of amides is 1. The zero-order valence-corrected chi connectivity index (χ0v) is 18.5. The molecule has 1 amide bonds. The summed E-state index contributed by atoms with van der Waals surface area (Å²) in [6.45, 7) is 2.52. The number of aryl methyl sites for hydroxylation is 1. The van der Waals surface area contributed by atoms with Crippen LogP contribution in [0.5, 0.6) is 5.75 Å². The third kappa shape index (κ3) is 4.33. The minimum atomic E-state index is -3.88. The smallest absolute Gasteiger partial charge is 0.270 e. The largest absolute Gasteiger partial charge is 0.493 e. The maximum atomic E-state index is 13.1. The van der Waals surface area contributed by atoms with Gasteiger partial charge in [0, 0.05) is 43.1 Å². The first-order chi connectivity index (χ1) is 15.3. The molecule has 0 radical (unpaired) electrons. The van der Waals surface area contributed by atoms with Crippen LogP contribution in [0.4, 0.5) is 5.69 Å². The summed E-state index contributed by atoms with van der Waals surface area (Å²) in [4.78, 5) is 23.3. The molecular formula is C22H25N3O6S. The lowest BCUT2D eigenvalue weighted by atomic mass is 9.95. The number of carbonyl (C=O) groups is 1. The summed E-state index contributed by atoms with van der Waals surface area (Å²) < 4.78 is 33.2. The number of non-ortho nitro benzene ring substituents is 1. The van der Waals surface area contributed by atoms with Crippen LogP contribution in [0, 0.1) is 23.0 Å². The van der Waals surface area contributed by atoms with Gasteiger partial charge in [-0.1, -0.05) is 24.3 Å². The van der Waals surface area contributed by atoms with E-state index in [9.17, 15) is 23.3 Å². The van der Waals surface area contributed by atoms with Crippen molar-refractivity contribution in [3.8, 4) is 5.75 Å². The molecule has 4 rings (SSSR count). The van der Waals surface area contributed by atoms with Gasteiger partial charge in [-0.25, -0.2) is 8.42 Å². The van der Waals surface area contributed by atoms with Crippen molar-refractivity contribution in [1.29, 1.82) is 0 Å². The van der Waals surface area contributed by atoms with E-state index in [1.165, 1.54) is 16.4 Å². The normalized spacial score (nSPS) is 19.6. The van der Waals surface area contributed by atoms with Gasteiger partial charge in [-0.2, -0.15) is 4.31 Å². The Morgan fingerprint density at radius 2 is 1.88 bits per heavy atom. The first-order valence-electron chi connectivity index (χ1n) is 10.5. The molecule has 32 heavy (non-hydrogen) atoms. The van der Waals surface area contributed by atoms with E-state index >= 15 is 0 Å². The molecule has 2 heterocycles. The molecule has 0 saturated carbocycles. The summed E-state index contributed by atoms with van der Waals surface area (Å²) in [5, 5.41) is 14.2. The first kappa shape index (κ1) is 22.2. The molecule has 2 aromatic carbocycles. The van der Waals surface area contributed by atoms with Crippen molar-refractivity contribution >= 4 is 21.6 Å². The molecule has 1 saturated heterocycles. The average Bonchev–Trinajstić information content (AvgIpc) is 2.79. The monoisotopic (exact) mass is 459 g/mol. The Morgan fingerprint density at radius 1 is 1.16 bits per heavy atom. The topological polar surface area (TPSA) is 119 Å². The Kier molecular flexibility index (Phi) is 6.16. The van der Waals surface area contributed by atoms with Crippen LogP contribution in [-0.2, 0) is 14.8 Å². The molecule has 0 aromatic heterocycles. The minimum Gasteiger partial charge on any atom is -0.493 e. The van der Waals surface area contributed by atoms with Crippen LogP contribution in [0.25, 0.3) is 0 Å². The van der Waals surface area contributed by atoms with Gasteiger partial charge in [0.1, 0.15) is 5.75 Å². The zero-order valence-electron chi connectivity index (χ0n) is 17.7. The second-order valence-corrected chi connectivity index (χ2v) is 10.0. The molecule has 1 unspecified atom stereocenters. The lowest BCUT2D eigenvalue weighted by molar-refractivity contribution is -0.385. The molecule has 1 atom stereocenters. The number of hydrogen-bond donors (Lipinski definition) is 1. The van der Waals surface area contributed by atoms with E-state index < -0.39 is 14.9 Å². The fraction of sp³-hybridized carbons (Fsp3) is 0.409. The molecule has 1 fully saturated rings. The highest BCUT2D eigenvalue weighted by Gasteiger charge is 2.34. The maximum absolute atomic E-state index is 13.1. The summed E-state index contributed by atoms with van der Waals surface area (Å²) in [5.74, 6) is 0.398. The van der Waals surface area contributed by atoms with E-state index in [-0.39, 0.29) is 41.5 Å². The summed E-state index contributed by atoms with van der Waals surface area (Å²) in [6.07, 6.45) is 1.47. The number of benzene rings is 2. The third-order valence-corrected chi connectivity index (χ3v) is 8.14. The number of rotatable bonds is 5. The molecule has 0 aliphatic carbocycles. The predicted octanol–water partition coefficient (Wildman–Crippen LogP) is 2.94. The van der Waals surface area contributed by atoms with Gasteiger partial charge in [0.15, 0.2) is 0 Å². The number of nitro groups is 1. The molecule has 0 bridgehead atoms. The summed E-state index contributed by atoms with van der Waals surface area (Å²) in [5.41, 5.74) is 1.14. The number of nitrogens with one attached hydrogen (secondary N) is 1. The van der Waals surface area contributed by atoms with Gasteiger partial charge in [-0.15, -0.1) is 0 Å². The van der Waals surface area contributed by atoms with E-state index in [1.807, 2.05) is 24.3 Å². The number of nitrogens with zero attached hydrogens (tertiary/aromatic N) is 2. The van der Waals surface area contributed by atoms with Gasteiger partial charge < -0.3 is 10.1 Å². The van der Waals surface area contributed by atoms with Gasteiger partial charge in [-0.05, 0) is 31.4 Å². The number of ether oxygens (including phenoxy) is 1. The van der Waals surface area contributed by atoms with Crippen LogP contribution < -0.4 is 10.1 Å². The Labute approximate surface area is 186 Å². The molecule has 9 nitrogen and oxygen atoms in total. The van der Waals surface area contributed by atoms with Crippen LogP contribution in [0.1, 0.15) is 36.4 Å². The Balaban J connectivity index is 1.42. The number of piperidine rings is 1. The van der Waals surface area contributed by atoms with E-state index in [1.54, 1.807) is 6.92 Å². The number of para-hydroxylation sites is 1. The van der Waals surface area contributed by atoms with Crippen LogP contribution in [0.15, 0.2) is 47.4 Å². The lowest BCUT2D eigenvalue weighted by Gasteiger charge is -2.33. The fourth-order valence-corrected chi connectivity index (χ4v) is 5.97. The Morgan fingerprint density at radius 3 is 2.59 bits per heavy atom. The number of carbonyl (C=O) groups excluding carboxylic acids is 1. The highest BCUT2D eigenvalue weighted by molar-refractivity contribution is 7.89. The molecule has 10 heteroatoms. The highest BCUT2D eigenvalue weighted by atomic mass is 32.2. The third-order valence-electron chi connectivity index (χ3n) is 6.10.